The quantitative estimate of drug-likeness (QED) is 0.881. The molecule has 0 spiro atoms. The van der Waals surface area contributed by atoms with E-state index >= 15 is 0 Å². The average molecular weight is 276 g/mol. The maximum Gasteiger partial charge on any atom is 0.185 e. The van der Waals surface area contributed by atoms with Crippen LogP contribution in [0.3, 0.4) is 0 Å². The number of nitrogens with two attached hydrogens (primary N) is 1. The van der Waals surface area contributed by atoms with Crippen LogP contribution in [0.5, 0.6) is 0 Å². The highest BCUT2D eigenvalue weighted by molar-refractivity contribution is 7.92. The van der Waals surface area contributed by atoms with Gasteiger partial charge in [-0.3, -0.25) is 0 Å². The van der Waals surface area contributed by atoms with Crippen LogP contribution in [0.2, 0.25) is 5.02 Å². The summed E-state index contributed by atoms with van der Waals surface area (Å²) in [6.45, 7) is 0.680. The number of rotatable bonds is 2. The smallest absolute Gasteiger partial charge is 0.185 e. The molecule has 0 radical (unpaired) electrons. The number of sulfone groups is 1. The highest BCUT2D eigenvalue weighted by Gasteiger charge is 2.35. The van der Waals surface area contributed by atoms with E-state index in [1.54, 1.807) is 12.1 Å². The Morgan fingerprint density at radius 2 is 1.94 bits per heavy atom. The summed E-state index contributed by atoms with van der Waals surface area (Å²) in [6, 6.07) is 5.75. The first-order valence-corrected chi connectivity index (χ1v) is 7.27. The van der Waals surface area contributed by atoms with Crippen molar-refractivity contribution in [3.63, 3.8) is 0 Å². The molecule has 0 amide bonds. The highest BCUT2D eigenvalue weighted by Crippen LogP contribution is 2.23. The normalized spacial score (nSPS) is 25.8. The molecule has 1 aromatic carbocycles. The zero-order valence-electron chi connectivity index (χ0n) is 9.17. The third kappa shape index (κ3) is 2.63. The fourth-order valence-electron chi connectivity index (χ4n) is 1.85. The molecular weight excluding hydrogens is 262 g/mol. The molecule has 0 bridgehead atoms. The van der Waals surface area contributed by atoms with Gasteiger partial charge in [0.15, 0.2) is 9.84 Å². The van der Waals surface area contributed by atoms with E-state index in [2.05, 4.69) is 0 Å². The molecule has 6 heteroatoms. The van der Waals surface area contributed by atoms with Crippen LogP contribution in [0.25, 0.3) is 0 Å². The third-order valence-corrected chi connectivity index (χ3v) is 5.36. The Kier molecular flexibility index (Phi) is 3.73. The van der Waals surface area contributed by atoms with Gasteiger partial charge in [-0.05, 0) is 30.7 Å². The maximum absolute atomic E-state index is 12.3. The summed E-state index contributed by atoms with van der Waals surface area (Å²) in [5, 5.41) is -0.162. The summed E-state index contributed by atoms with van der Waals surface area (Å²) in [5.41, 5.74) is 5.85. The maximum atomic E-state index is 12.3. The highest BCUT2D eigenvalue weighted by atomic mass is 35.5. The van der Waals surface area contributed by atoms with E-state index in [1.165, 1.54) is 12.1 Å². The monoisotopic (exact) mass is 275 g/mol. The van der Waals surface area contributed by atoms with E-state index in [9.17, 15) is 8.42 Å². The summed E-state index contributed by atoms with van der Waals surface area (Å²) in [7, 11) is -3.44. The molecule has 17 heavy (non-hydrogen) atoms. The summed E-state index contributed by atoms with van der Waals surface area (Å²) in [4.78, 5) is 0.243. The van der Waals surface area contributed by atoms with E-state index in [0.29, 0.717) is 18.1 Å². The second kappa shape index (κ2) is 4.94. The van der Waals surface area contributed by atoms with Gasteiger partial charge in [0.1, 0.15) is 5.25 Å². The standard InChI is InChI=1S/C11H14ClNO3S/c12-8-1-3-9(4-2-8)17(14,15)11-7-16-6-5-10(11)13/h1-4,10-11H,5-7,13H2. The van der Waals surface area contributed by atoms with Crippen LogP contribution in [0.15, 0.2) is 29.2 Å². The van der Waals surface area contributed by atoms with Crippen LogP contribution in [-0.4, -0.2) is 32.9 Å². The molecule has 94 valence electrons. The summed E-state index contributed by atoms with van der Waals surface area (Å²) in [5.74, 6) is 0. The first kappa shape index (κ1) is 12.8. The van der Waals surface area contributed by atoms with Crippen molar-refractivity contribution in [1.29, 1.82) is 0 Å². The lowest BCUT2D eigenvalue weighted by atomic mass is 10.1. The Hall–Kier alpha value is -0.620. The van der Waals surface area contributed by atoms with E-state index < -0.39 is 15.1 Å². The lowest BCUT2D eigenvalue weighted by molar-refractivity contribution is 0.0891. The Morgan fingerprint density at radius 1 is 1.29 bits per heavy atom. The number of benzene rings is 1. The molecule has 2 rings (SSSR count). The van der Waals surface area contributed by atoms with Gasteiger partial charge in [-0.2, -0.15) is 0 Å². The van der Waals surface area contributed by atoms with Crippen molar-refractivity contribution in [1.82, 2.24) is 0 Å². The SMILES string of the molecule is NC1CCOCC1S(=O)(=O)c1ccc(Cl)cc1. The predicted molar refractivity (Wildman–Crippen MR) is 65.8 cm³/mol. The fourth-order valence-corrected chi connectivity index (χ4v) is 3.71. The van der Waals surface area contributed by atoms with Crippen molar-refractivity contribution < 1.29 is 13.2 Å². The molecule has 0 aromatic heterocycles. The van der Waals surface area contributed by atoms with Crippen LogP contribution in [0, 0.1) is 0 Å². The van der Waals surface area contributed by atoms with Crippen molar-refractivity contribution >= 4 is 21.4 Å². The molecule has 4 nitrogen and oxygen atoms in total. The molecule has 1 fully saturated rings. The molecule has 1 saturated heterocycles. The summed E-state index contributed by atoms with van der Waals surface area (Å²) in [6.07, 6.45) is 0.567. The number of hydrogen-bond acceptors (Lipinski definition) is 4. The van der Waals surface area contributed by atoms with Crippen LogP contribution in [0.4, 0.5) is 0 Å². The largest absolute Gasteiger partial charge is 0.380 e. The molecule has 1 aliphatic rings. The van der Waals surface area contributed by atoms with E-state index in [0.717, 1.165) is 0 Å². The van der Waals surface area contributed by atoms with Gasteiger partial charge < -0.3 is 10.5 Å². The minimum Gasteiger partial charge on any atom is -0.380 e. The predicted octanol–water partition coefficient (Wildman–Crippen LogP) is 1.23. The van der Waals surface area contributed by atoms with Crippen LogP contribution in [-0.2, 0) is 14.6 Å². The Balaban J connectivity index is 2.32. The van der Waals surface area contributed by atoms with Gasteiger partial charge in [-0.25, -0.2) is 8.42 Å². The van der Waals surface area contributed by atoms with Crippen molar-refractivity contribution in [2.75, 3.05) is 13.2 Å². The third-order valence-electron chi connectivity index (χ3n) is 2.90. The lowest BCUT2D eigenvalue weighted by Gasteiger charge is -2.28. The van der Waals surface area contributed by atoms with E-state index in [4.69, 9.17) is 22.1 Å². The minimum atomic E-state index is -3.44. The van der Waals surface area contributed by atoms with Crippen LogP contribution >= 0.6 is 11.6 Å². The molecule has 1 aliphatic heterocycles. The molecular formula is C11H14ClNO3S. The van der Waals surface area contributed by atoms with Crippen molar-refractivity contribution in [3.8, 4) is 0 Å². The van der Waals surface area contributed by atoms with Crippen molar-refractivity contribution in [2.24, 2.45) is 5.73 Å². The van der Waals surface area contributed by atoms with Crippen molar-refractivity contribution in [3.05, 3.63) is 29.3 Å². The summed E-state index contributed by atoms with van der Waals surface area (Å²) < 4.78 is 29.8. The topological polar surface area (TPSA) is 69.4 Å². The molecule has 2 unspecified atom stereocenters. The van der Waals surface area contributed by atoms with E-state index in [1.807, 2.05) is 0 Å². The van der Waals surface area contributed by atoms with Gasteiger partial charge in [0.2, 0.25) is 0 Å². The second-order valence-electron chi connectivity index (χ2n) is 4.06. The Bertz CT molecular complexity index is 486. The minimum absolute atomic E-state index is 0.159. The number of halogens is 1. The zero-order chi connectivity index (χ0) is 12.5. The molecule has 2 N–H and O–H groups in total. The Labute approximate surface area is 106 Å². The molecule has 1 heterocycles. The molecule has 0 saturated carbocycles. The first-order valence-electron chi connectivity index (χ1n) is 5.34. The fraction of sp³-hybridized carbons (Fsp3) is 0.455. The van der Waals surface area contributed by atoms with Gasteiger partial charge in [-0.15, -0.1) is 0 Å². The average Bonchev–Trinajstić information content (AvgIpc) is 2.30. The molecule has 1 aromatic rings. The second-order valence-corrected chi connectivity index (χ2v) is 6.67. The van der Waals surface area contributed by atoms with Crippen LogP contribution < -0.4 is 5.73 Å². The molecule has 0 aliphatic carbocycles. The van der Waals surface area contributed by atoms with Crippen molar-refractivity contribution in [2.45, 2.75) is 22.6 Å². The molecule has 2 atom stereocenters. The lowest BCUT2D eigenvalue weighted by Crippen LogP contribution is -2.47. The Morgan fingerprint density at radius 3 is 2.53 bits per heavy atom. The van der Waals surface area contributed by atoms with Crippen LogP contribution in [0.1, 0.15) is 6.42 Å². The van der Waals surface area contributed by atoms with Gasteiger partial charge in [0, 0.05) is 17.7 Å². The first-order chi connectivity index (χ1) is 8.01. The van der Waals surface area contributed by atoms with Gasteiger partial charge >= 0.3 is 0 Å². The van der Waals surface area contributed by atoms with Gasteiger partial charge in [-0.1, -0.05) is 11.6 Å². The zero-order valence-corrected chi connectivity index (χ0v) is 10.7. The number of ether oxygens (including phenoxy) is 1. The summed E-state index contributed by atoms with van der Waals surface area (Å²) >= 11 is 5.73. The van der Waals surface area contributed by atoms with Gasteiger partial charge in [0.05, 0.1) is 11.5 Å². The number of hydrogen-bond donors (Lipinski definition) is 1. The van der Waals surface area contributed by atoms with Gasteiger partial charge in [0.25, 0.3) is 0 Å². The van der Waals surface area contributed by atoms with E-state index in [-0.39, 0.29) is 17.5 Å².